The third-order valence-electron chi connectivity index (χ3n) is 1.70. The predicted octanol–water partition coefficient (Wildman–Crippen LogP) is 2.42. The third-order valence-corrected chi connectivity index (χ3v) is 1.70. The highest BCUT2D eigenvalue weighted by Crippen LogP contribution is 2.11. The number of hydrogen-bond donors (Lipinski definition) is 1. The Hall–Kier alpha value is -1.12. The van der Waals surface area contributed by atoms with Gasteiger partial charge in [-0.3, -0.25) is 4.98 Å². The van der Waals surface area contributed by atoms with Crippen LogP contribution >= 0.6 is 0 Å². The van der Waals surface area contributed by atoms with Gasteiger partial charge in [0.15, 0.2) is 0 Å². The Morgan fingerprint density at radius 3 is 2.15 bits per heavy atom. The van der Waals surface area contributed by atoms with Crippen LogP contribution in [0.4, 0.5) is 5.82 Å². The number of nitrogens with zero attached hydrogens (tertiary/aromatic N) is 2. The van der Waals surface area contributed by atoms with Crippen molar-refractivity contribution in [3.63, 3.8) is 0 Å². The lowest BCUT2D eigenvalue weighted by Gasteiger charge is -2.09. The minimum atomic E-state index is 0.402. The zero-order chi connectivity index (χ0) is 9.84. The van der Waals surface area contributed by atoms with Crippen LogP contribution in [0.3, 0.4) is 0 Å². The predicted molar refractivity (Wildman–Crippen MR) is 54.9 cm³/mol. The van der Waals surface area contributed by atoms with Crippen LogP contribution in [-0.4, -0.2) is 16.0 Å². The van der Waals surface area contributed by atoms with Crippen LogP contribution in [0.1, 0.15) is 39.3 Å². The van der Waals surface area contributed by atoms with Crippen LogP contribution < -0.4 is 5.32 Å². The van der Waals surface area contributed by atoms with E-state index in [9.17, 15) is 0 Å². The summed E-state index contributed by atoms with van der Waals surface area (Å²) in [6.07, 6.45) is 3.62. The molecule has 1 rings (SSSR count). The molecule has 0 spiro atoms. The molecule has 0 aromatic carbocycles. The molecule has 0 unspecified atom stereocenters. The Balaban J connectivity index is 2.70. The van der Waals surface area contributed by atoms with Crippen molar-refractivity contribution in [2.45, 2.75) is 39.7 Å². The Labute approximate surface area is 79.6 Å². The van der Waals surface area contributed by atoms with Crippen LogP contribution in [0.2, 0.25) is 0 Å². The normalized spacial score (nSPS) is 10.9. The van der Waals surface area contributed by atoms with Crippen molar-refractivity contribution in [1.29, 1.82) is 0 Å². The van der Waals surface area contributed by atoms with Gasteiger partial charge in [-0.1, -0.05) is 13.8 Å². The van der Waals surface area contributed by atoms with Gasteiger partial charge in [0.25, 0.3) is 0 Å². The van der Waals surface area contributed by atoms with Crippen LogP contribution in [0.15, 0.2) is 12.4 Å². The number of hydrogen-bond acceptors (Lipinski definition) is 3. The summed E-state index contributed by atoms with van der Waals surface area (Å²) < 4.78 is 0. The highest BCUT2D eigenvalue weighted by molar-refractivity contribution is 5.32. The largest absolute Gasteiger partial charge is 0.367 e. The van der Waals surface area contributed by atoms with Gasteiger partial charge in [0.05, 0.1) is 18.1 Å². The van der Waals surface area contributed by atoms with E-state index in [0.717, 1.165) is 11.5 Å². The van der Waals surface area contributed by atoms with Gasteiger partial charge in [0.1, 0.15) is 5.82 Å². The summed E-state index contributed by atoms with van der Waals surface area (Å²) in [5.74, 6) is 1.29. The Kier molecular flexibility index (Phi) is 3.23. The summed E-state index contributed by atoms with van der Waals surface area (Å²) in [7, 11) is 0. The minimum Gasteiger partial charge on any atom is -0.367 e. The van der Waals surface area contributed by atoms with Crippen LogP contribution in [0, 0.1) is 0 Å². The first-order valence-electron chi connectivity index (χ1n) is 4.68. The van der Waals surface area contributed by atoms with Gasteiger partial charge < -0.3 is 5.32 Å². The maximum absolute atomic E-state index is 4.31. The molecule has 1 aromatic rings. The Morgan fingerprint density at radius 2 is 1.77 bits per heavy atom. The molecule has 0 aliphatic heterocycles. The smallest absolute Gasteiger partial charge is 0.144 e. The molecule has 72 valence electrons. The molecule has 0 fully saturated rings. The fraction of sp³-hybridized carbons (Fsp3) is 0.600. The highest BCUT2D eigenvalue weighted by atomic mass is 15.0. The molecular weight excluding hydrogens is 162 g/mol. The lowest BCUT2D eigenvalue weighted by atomic mass is 10.1. The van der Waals surface area contributed by atoms with Crippen LogP contribution in [0.5, 0.6) is 0 Å². The van der Waals surface area contributed by atoms with Crippen molar-refractivity contribution in [1.82, 2.24) is 9.97 Å². The molecule has 0 bridgehead atoms. The monoisotopic (exact) mass is 179 g/mol. The van der Waals surface area contributed by atoms with Crippen LogP contribution in [0.25, 0.3) is 0 Å². The topological polar surface area (TPSA) is 37.8 Å². The second-order valence-electron chi connectivity index (χ2n) is 3.78. The average molecular weight is 179 g/mol. The SMILES string of the molecule is CC(C)Nc1cnc(C(C)C)cn1. The first-order valence-corrected chi connectivity index (χ1v) is 4.68. The van der Waals surface area contributed by atoms with Gasteiger partial charge >= 0.3 is 0 Å². The van der Waals surface area contributed by atoms with Gasteiger partial charge in [-0.25, -0.2) is 4.98 Å². The van der Waals surface area contributed by atoms with E-state index in [1.54, 1.807) is 6.20 Å². The fourth-order valence-electron chi connectivity index (χ4n) is 1.01. The molecule has 1 N–H and O–H groups in total. The number of nitrogens with one attached hydrogen (secondary N) is 1. The van der Waals surface area contributed by atoms with E-state index < -0.39 is 0 Å². The van der Waals surface area contributed by atoms with Gasteiger partial charge in [-0.2, -0.15) is 0 Å². The number of anilines is 1. The molecule has 13 heavy (non-hydrogen) atoms. The van der Waals surface area contributed by atoms with Crippen molar-refractivity contribution >= 4 is 5.82 Å². The molecule has 0 atom stereocenters. The zero-order valence-corrected chi connectivity index (χ0v) is 8.70. The summed E-state index contributed by atoms with van der Waals surface area (Å²) in [4.78, 5) is 8.57. The lowest BCUT2D eigenvalue weighted by molar-refractivity contribution is 0.807. The van der Waals surface area contributed by atoms with Crippen molar-refractivity contribution in [3.05, 3.63) is 18.1 Å². The molecule has 3 nitrogen and oxygen atoms in total. The van der Waals surface area contributed by atoms with Gasteiger partial charge in [0.2, 0.25) is 0 Å². The minimum absolute atomic E-state index is 0.402. The first-order chi connectivity index (χ1) is 6.09. The van der Waals surface area contributed by atoms with Gasteiger partial charge in [-0.05, 0) is 19.8 Å². The quantitative estimate of drug-likeness (QED) is 0.774. The van der Waals surface area contributed by atoms with E-state index in [1.165, 1.54) is 0 Å². The molecule has 1 heterocycles. The van der Waals surface area contributed by atoms with Gasteiger partial charge in [-0.15, -0.1) is 0 Å². The second kappa shape index (κ2) is 4.21. The fourth-order valence-corrected chi connectivity index (χ4v) is 1.01. The summed E-state index contributed by atoms with van der Waals surface area (Å²) in [5, 5.41) is 3.20. The third kappa shape index (κ3) is 3.01. The molecule has 3 heteroatoms. The maximum Gasteiger partial charge on any atom is 0.144 e. The molecule has 0 radical (unpaired) electrons. The van der Waals surface area contributed by atoms with E-state index in [0.29, 0.717) is 12.0 Å². The van der Waals surface area contributed by atoms with E-state index >= 15 is 0 Å². The Bertz CT molecular complexity index is 251. The number of aromatic nitrogens is 2. The summed E-state index contributed by atoms with van der Waals surface area (Å²) >= 11 is 0. The van der Waals surface area contributed by atoms with E-state index in [4.69, 9.17) is 0 Å². The maximum atomic E-state index is 4.31. The van der Waals surface area contributed by atoms with E-state index in [2.05, 4.69) is 43.0 Å². The standard InChI is InChI=1S/C10H17N3/c1-7(2)9-5-12-10(6-11-9)13-8(3)4/h5-8H,1-4H3,(H,12,13). The molecule has 1 aromatic heterocycles. The van der Waals surface area contributed by atoms with Crippen LogP contribution in [-0.2, 0) is 0 Å². The molecule has 0 saturated heterocycles. The molecule has 0 saturated carbocycles. The highest BCUT2D eigenvalue weighted by Gasteiger charge is 2.01. The average Bonchev–Trinajstić information content (AvgIpc) is 2.04. The molecule has 0 aliphatic rings. The number of rotatable bonds is 3. The second-order valence-corrected chi connectivity index (χ2v) is 3.78. The summed E-state index contributed by atoms with van der Waals surface area (Å²) in [5.41, 5.74) is 1.04. The summed E-state index contributed by atoms with van der Waals surface area (Å²) in [6.45, 7) is 8.38. The molecule has 0 aliphatic carbocycles. The Morgan fingerprint density at radius 1 is 1.08 bits per heavy atom. The van der Waals surface area contributed by atoms with Crippen molar-refractivity contribution in [3.8, 4) is 0 Å². The zero-order valence-electron chi connectivity index (χ0n) is 8.70. The van der Waals surface area contributed by atoms with E-state index in [-0.39, 0.29) is 0 Å². The lowest BCUT2D eigenvalue weighted by Crippen LogP contribution is -2.11. The summed E-state index contributed by atoms with van der Waals surface area (Å²) in [6, 6.07) is 0.402. The molecular formula is C10H17N3. The van der Waals surface area contributed by atoms with Crippen molar-refractivity contribution < 1.29 is 0 Å². The van der Waals surface area contributed by atoms with Crippen molar-refractivity contribution in [2.75, 3.05) is 5.32 Å². The van der Waals surface area contributed by atoms with Crippen molar-refractivity contribution in [2.24, 2.45) is 0 Å². The van der Waals surface area contributed by atoms with E-state index in [1.807, 2.05) is 6.20 Å². The van der Waals surface area contributed by atoms with Gasteiger partial charge in [0, 0.05) is 6.04 Å². The first kappa shape index (κ1) is 9.96. The molecule has 0 amide bonds.